The highest BCUT2D eigenvalue weighted by Gasteiger charge is 2.25. The summed E-state index contributed by atoms with van der Waals surface area (Å²) in [7, 11) is -2.12. The lowest BCUT2D eigenvalue weighted by atomic mass is 9.94. The van der Waals surface area contributed by atoms with Crippen molar-refractivity contribution in [2.45, 2.75) is 5.92 Å². The number of hydrogen-bond acceptors (Lipinski definition) is 2. The van der Waals surface area contributed by atoms with E-state index in [0.717, 1.165) is 18.4 Å². The van der Waals surface area contributed by atoms with Gasteiger partial charge in [-0.25, -0.2) is 0 Å². The summed E-state index contributed by atoms with van der Waals surface area (Å²) in [6.07, 6.45) is 0. The summed E-state index contributed by atoms with van der Waals surface area (Å²) in [4.78, 5) is 0. The molecule has 1 N–H and O–H groups in total. The zero-order valence-corrected chi connectivity index (χ0v) is 9.55. The molecule has 0 aromatic heterocycles. The monoisotopic (exact) mass is 209 g/mol. The van der Waals surface area contributed by atoms with Gasteiger partial charge in [0.1, 0.15) is 7.14 Å². The van der Waals surface area contributed by atoms with Gasteiger partial charge in [0, 0.05) is 24.3 Å². The van der Waals surface area contributed by atoms with E-state index in [1.807, 2.05) is 31.5 Å². The smallest absolute Gasteiger partial charge is 0.110 e. The third-order valence-corrected chi connectivity index (χ3v) is 4.31. The quantitative estimate of drug-likeness (QED) is 0.750. The third-order valence-electron chi connectivity index (χ3n) is 2.74. The molecular formula is C11H16NOP. The number of benzene rings is 1. The van der Waals surface area contributed by atoms with Gasteiger partial charge in [0.25, 0.3) is 0 Å². The van der Waals surface area contributed by atoms with Crippen LogP contribution in [0.25, 0.3) is 0 Å². The van der Waals surface area contributed by atoms with E-state index < -0.39 is 7.14 Å². The highest BCUT2D eigenvalue weighted by atomic mass is 31.2. The Hall–Kier alpha value is -0.590. The number of nitrogens with one attached hydrogen (secondary N) is 1. The Balaban J connectivity index is 2.43. The average molecular weight is 209 g/mol. The van der Waals surface area contributed by atoms with E-state index in [2.05, 4.69) is 11.4 Å². The molecule has 3 heteroatoms. The van der Waals surface area contributed by atoms with Crippen molar-refractivity contribution in [3.63, 3.8) is 0 Å². The van der Waals surface area contributed by atoms with Crippen molar-refractivity contribution in [1.29, 1.82) is 0 Å². The molecule has 2 rings (SSSR count). The fourth-order valence-electron chi connectivity index (χ4n) is 1.83. The van der Waals surface area contributed by atoms with E-state index in [1.54, 1.807) is 0 Å². The zero-order chi connectivity index (χ0) is 10.2. The molecule has 76 valence electrons. The Morgan fingerprint density at radius 1 is 1.29 bits per heavy atom. The van der Waals surface area contributed by atoms with E-state index in [0.29, 0.717) is 5.92 Å². The summed E-state index contributed by atoms with van der Waals surface area (Å²) in [5.41, 5.74) is 1.28. The van der Waals surface area contributed by atoms with Crippen LogP contribution in [0.1, 0.15) is 11.5 Å². The molecule has 1 heterocycles. The molecule has 0 saturated carbocycles. The first kappa shape index (κ1) is 9.95. The molecule has 0 aliphatic carbocycles. The molecule has 1 fully saturated rings. The van der Waals surface area contributed by atoms with Crippen molar-refractivity contribution in [2.75, 3.05) is 26.4 Å². The van der Waals surface area contributed by atoms with Crippen LogP contribution in [0, 0.1) is 0 Å². The van der Waals surface area contributed by atoms with Crippen LogP contribution in [0.5, 0.6) is 0 Å². The molecule has 0 amide bonds. The highest BCUT2D eigenvalue weighted by Crippen LogP contribution is 2.38. The number of rotatable bonds is 2. The van der Waals surface area contributed by atoms with Gasteiger partial charge in [-0.05, 0) is 18.9 Å². The Kier molecular flexibility index (Phi) is 2.50. The van der Waals surface area contributed by atoms with Gasteiger partial charge in [-0.3, -0.25) is 0 Å². The molecule has 14 heavy (non-hydrogen) atoms. The fraction of sp³-hybridized carbons (Fsp3) is 0.455. The molecule has 1 aliphatic rings. The van der Waals surface area contributed by atoms with E-state index in [1.165, 1.54) is 5.56 Å². The first-order valence-electron chi connectivity index (χ1n) is 4.94. The van der Waals surface area contributed by atoms with Gasteiger partial charge in [0.2, 0.25) is 0 Å². The molecule has 1 aliphatic heterocycles. The lowest BCUT2D eigenvalue weighted by Crippen LogP contribution is -2.41. The summed E-state index contributed by atoms with van der Waals surface area (Å²) in [6.45, 7) is 5.74. The largest absolute Gasteiger partial charge is 0.319 e. The topological polar surface area (TPSA) is 29.1 Å². The minimum Gasteiger partial charge on any atom is -0.319 e. The van der Waals surface area contributed by atoms with Crippen molar-refractivity contribution in [3.8, 4) is 0 Å². The predicted molar refractivity (Wildman–Crippen MR) is 61.1 cm³/mol. The second-order valence-electron chi connectivity index (χ2n) is 4.26. The first-order valence-corrected chi connectivity index (χ1v) is 7.54. The fourth-order valence-corrected chi connectivity index (χ4v) is 3.16. The maximum absolute atomic E-state index is 12.1. The van der Waals surface area contributed by atoms with Crippen LogP contribution in [-0.2, 0) is 4.57 Å². The maximum atomic E-state index is 12.1. The molecule has 1 saturated heterocycles. The summed E-state index contributed by atoms with van der Waals surface area (Å²) < 4.78 is 12.1. The second kappa shape index (κ2) is 3.52. The lowest BCUT2D eigenvalue weighted by molar-refractivity contribution is 0.450. The van der Waals surface area contributed by atoms with Gasteiger partial charge >= 0.3 is 0 Å². The SMILES string of the molecule is CP(C)(=O)c1ccccc1C1CNC1. The van der Waals surface area contributed by atoms with E-state index >= 15 is 0 Å². The molecule has 1 aromatic carbocycles. The average Bonchev–Trinajstić information content (AvgIpc) is 2.00. The lowest BCUT2D eigenvalue weighted by Gasteiger charge is -2.30. The van der Waals surface area contributed by atoms with Crippen LogP contribution < -0.4 is 10.6 Å². The Bertz CT molecular complexity index is 379. The third kappa shape index (κ3) is 1.77. The van der Waals surface area contributed by atoms with Gasteiger partial charge in [0.15, 0.2) is 0 Å². The van der Waals surface area contributed by atoms with Crippen LogP contribution in [-0.4, -0.2) is 26.4 Å². The Morgan fingerprint density at radius 3 is 2.43 bits per heavy atom. The first-order chi connectivity index (χ1) is 6.59. The Morgan fingerprint density at radius 2 is 1.93 bits per heavy atom. The highest BCUT2D eigenvalue weighted by molar-refractivity contribution is 7.70. The molecule has 1 aromatic rings. The second-order valence-corrected chi connectivity index (χ2v) is 7.45. The van der Waals surface area contributed by atoms with Crippen molar-refractivity contribution in [2.24, 2.45) is 0 Å². The molecule has 2 nitrogen and oxygen atoms in total. The standard InChI is InChI=1S/C11H16NOP/c1-14(2,13)11-6-4-3-5-10(11)9-7-12-8-9/h3-6,9,12H,7-8H2,1-2H3. The minimum absolute atomic E-state index is 0.569. The molecule has 0 bridgehead atoms. The van der Waals surface area contributed by atoms with Gasteiger partial charge in [-0.1, -0.05) is 24.3 Å². The summed E-state index contributed by atoms with van der Waals surface area (Å²) in [5.74, 6) is 0.569. The van der Waals surface area contributed by atoms with E-state index in [9.17, 15) is 4.57 Å². The predicted octanol–water partition coefficient (Wildman–Crippen LogP) is 1.62. The van der Waals surface area contributed by atoms with Crippen molar-refractivity contribution in [1.82, 2.24) is 5.32 Å². The minimum atomic E-state index is -2.12. The molecule has 0 unspecified atom stereocenters. The maximum Gasteiger partial charge on any atom is 0.110 e. The summed E-state index contributed by atoms with van der Waals surface area (Å²) in [5, 5.41) is 4.31. The molecular weight excluding hydrogens is 193 g/mol. The zero-order valence-electron chi connectivity index (χ0n) is 8.66. The number of hydrogen-bond donors (Lipinski definition) is 1. The van der Waals surface area contributed by atoms with Crippen LogP contribution in [0.15, 0.2) is 24.3 Å². The normalized spacial score (nSPS) is 17.9. The molecule has 0 spiro atoms. The summed E-state index contributed by atoms with van der Waals surface area (Å²) >= 11 is 0. The van der Waals surface area contributed by atoms with Gasteiger partial charge < -0.3 is 9.88 Å². The van der Waals surface area contributed by atoms with Crippen molar-refractivity contribution in [3.05, 3.63) is 29.8 Å². The molecule has 0 radical (unpaired) electrons. The van der Waals surface area contributed by atoms with Crippen LogP contribution in [0.2, 0.25) is 0 Å². The van der Waals surface area contributed by atoms with Crippen molar-refractivity contribution >= 4 is 12.4 Å². The van der Waals surface area contributed by atoms with Gasteiger partial charge in [-0.2, -0.15) is 0 Å². The Labute approximate surface area is 85.1 Å². The van der Waals surface area contributed by atoms with Crippen LogP contribution in [0.4, 0.5) is 0 Å². The van der Waals surface area contributed by atoms with Gasteiger partial charge in [0.05, 0.1) is 0 Å². The van der Waals surface area contributed by atoms with E-state index in [-0.39, 0.29) is 0 Å². The van der Waals surface area contributed by atoms with Crippen LogP contribution >= 0.6 is 7.14 Å². The summed E-state index contributed by atoms with van der Waals surface area (Å²) in [6, 6.07) is 8.13. The van der Waals surface area contributed by atoms with Crippen LogP contribution in [0.3, 0.4) is 0 Å². The van der Waals surface area contributed by atoms with Gasteiger partial charge in [-0.15, -0.1) is 0 Å². The molecule has 0 atom stereocenters. The van der Waals surface area contributed by atoms with E-state index in [4.69, 9.17) is 0 Å². The van der Waals surface area contributed by atoms with Crippen molar-refractivity contribution < 1.29 is 4.57 Å².